The molecule has 55 heavy (non-hydrogen) atoms. The van der Waals surface area contributed by atoms with E-state index in [2.05, 4.69) is 173 Å². The van der Waals surface area contributed by atoms with E-state index in [1.165, 1.54) is 16.2 Å². The van der Waals surface area contributed by atoms with E-state index in [0.717, 1.165) is 94.2 Å². The van der Waals surface area contributed by atoms with Gasteiger partial charge in [-0.3, -0.25) is 4.57 Å². The third-order valence-electron chi connectivity index (χ3n) is 11.2. The molecule has 0 fully saturated rings. The molecule has 0 N–H and O–H groups in total. The number of nitrogens with zero attached hydrogens (tertiary/aromatic N) is 4. The highest BCUT2D eigenvalue weighted by Crippen LogP contribution is 2.42. The first-order chi connectivity index (χ1) is 27.3. The van der Waals surface area contributed by atoms with Crippen LogP contribution in [-0.2, 0) is 0 Å². The van der Waals surface area contributed by atoms with Crippen LogP contribution < -0.4 is 0 Å². The molecule has 5 nitrogen and oxygen atoms in total. The number of pyridine rings is 2. The first-order valence-corrected chi connectivity index (χ1v) is 18.6. The second-order valence-electron chi connectivity index (χ2n) is 14.2. The van der Waals surface area contributed by atoms with Crippen LogP contribution in [0.1, 0.15) is 0 Å². The fraction of sp³-hybridized carbons (Fsp3) is 0. The molecular formula is C50H30N4O. The zero-order chi connectivity index (χ0) is 36.0. The van der Waals surface area contributed by atoms with Crippen molar-refractivity contribution in [3.8, 4) is 33.8 Å². The highest BCUT2D eigenvalue weighted by molar-refractivity contribution is 6.14. The third kappa shape index (κ3) is 4.47. The van der Waals surface area contributed by atoms with Crippen LogP contribution in [0.3, 0.4) is 0 Å². The standard InChI is InChI=1S/C50H30N4O/c1-2-12-31(13-3-1)34-26-33-23-25-49(52-50(33)51-30-34)54-44-20-10-6-16-37(44)40-27-32(22-24-45(40)54)39-28-41-38-17-7-11-21-47(38)55-48(41)29-46(39)53-42-18-8-4-14-35(42)36-15-5-9-19-43(36)53/h1-30H. The van der Waals surface area contributed by atoms with Crippen molar-refractivity contribution in [1.29, 1.82) is 0 Å². The number of hydrogen-bond donors (Lipinski definition) is 0. The van der Waals surface area contributed by atoms with E-state index in [9.17, 15) is 0 Å². The van der Waals surface area contributed by atoms with Crippen LogP contribution in [0.25, 0.3) is 110 Å². The zero-order valence-corrected chi connectivity index (χ0v) is 29.5. The van der Waals surface area contributed by atoms with E-state index in [4.69, 9.17) is 14.4 Å². The summed E-state index contributed by atoms with van der Waals surface area (Å²) < 4.78 is 11.2. The maximum atomic E-state index is 6.52. The number of furan rings is 1. The van der Waals surface area contributed by atoms with Gasteiger partial charge >= 0.3 is 0 Å². The minimum absolute atomic E-state index is 0.719. The number of rotatable bonds is 4. The maximum Gasteiger partial charge on any atom is 0.161 e. The van der Waals surface area contributed by atoms with Crippen molar-refractivity contribution < 1.29 is 4.42 Å². The topological polar surface area (TPSA) is 48.8 Å². The minimum Gasteiger partial charge on any atom is -0.456 e. The molecule has 0 unspecified atom stereocenters. The summed E-state index contributed by atoms with van der Waals surface area (Å²) in [6.07, 6.45) is 1.92. The minimum atomic E-state index is 0.719. The molecule has 0 saturated heterocycles. The van der Waals surface area contributed by atoms with Crippen LogP contribution in [0.5, 0.6) is 0 Å². The lowest BCUT2D eigenvalue weighted by molar-refractivity contribution is 0.668. The Labute approximate surface area is 315 Å². The molecule has 0 aliphatic heterocycles. The Hall–Kier alpha value is -7.50. The molecule has 0 saturated carbocycles. The van der Waals surface area contributed by atoms with E-state index in [-0.39, 0.29) is 0 Å². The van der Waals surface area contributed by atoms with Gasteiger partial charge in [-0.25, -0.2) is 9.97 Å². The smallest absolute Gasteiger partial charge is 0.161 e. The predicted molar refractivity (Wildman–Crippen MR) is 226 cm³/mol. The first kappa shape index (κ1) is 30.0. The molecular weight excluding hydrogens is 673 g/mol. The van der Waals surface area contributed by atoms with Gasteiger partial charge in [-0.2, -0.15) is 0 Å². The van der Waals surface area contributed by atoms with E-state index in [1.54, 1.807) is 0 Å². The number of para-hydroxylation sites is 4. The second kappa shape index (κ2) is 11.5. The van der Waals surface area contributed by atoms with Crippen molar-refractivity contribution in [3.63, 3.8) is 0 Å². The molecule has 0 amide bonds. The Morgan fingerprint density at radius 1 is 0.400 bits per heavy atom. The van der Waals surface area contributed by atoms with E-state index < -0.39 is 0 Å². The monoisotopic (exact) mass is 702 g/mol. The van der Waals surface area contributed by atoms with E-state index >= 15 is 0 Å². The van der Waals surface area contributed by atoms with Crippen molar-refractivity contribution in [2.45, 2.75) is 0 Å². The van der Waals surface area contributed by atoms with Gasteiger partial charge in [-0.05, 0) is 71.8 Å². The summed E-state index contributed by atoms with van der Waals surface area (Å²) in [5.74, 6) is 0.837. The van der Waals surface area contributed by atoms with Crippen LogP contribution in [0, 0.1) is 0 Å². The molecule has 0 aliphatic carbocycles. The summed E-state index contributed by atoms with van der Waals surface area (Å²) in [7, 11) is 0. The van der Waals surface area contributed by atoms with Crippen molar-refractivity contribution in [2.24, 2.45) is 0 Å². The molecule has 5 heteroatoms. The molecule has 256 valence electrons. The number of aromatic nitrogens is 4. The fourth-order valence-corrected chi connectivity index (χ4v) is 8.66. The maximum absolute atomic E-state index is 6.52. The molecule has 0 atom stereocenters. The van der Waals surface area contributed by atoms with Gasteiger partial charge in [0, 0.05) is 61.1 Å². The van der Waals surface area contributed by atoms with Gasteiger partial charge in [-0.1, -0.05) is 109 Å². The van der Waals surface area contributed by atoms with Gasteiger partial charge in [0.1, 0.15) is 17.0 Å². The fourth-order valence-electron chi connectivity index (χ4n) is 8.66. The summed E-state index contributed by atoms with van der Waals surface area (Å²) in [5.41, 5.74) is 12.5. The van der Waals surface area contributed by atoms with E-state index in [0.29, 0.717) is 0 Å². The highest BCUT2D eigenvalue weighted by Gasteiger charge is 2.21. The lowest BCUT2D eigenvalue weighted by Gasteiger charge is -2.15. The predicted octanol–water partition coefficient (Wildman–Crippen LogP) is 13.1. The largest absolute Gasteiger partial charge is 0.456 e. The van der Waals surface area contributed by atoms with Crippen LogP contribution >= 0.6 is 0 Å². The Balaban J connectivity index is 1.10. The Kier molecular flexibility index (Phi) is 6.27. The van der Waals surface area contributed by atoms with Crippen molar-refractivity contribution >= 4 is 76.6 Å². The van der Waals surface area contributed by atoms with Crippen LogP contribution in [0.15, 0.2) is 187 Å². The number of benzene rings is 7. The van der Waals surface area contributed by atoms with Crippen LogP contribution in [0.4, 0.5) is 0 Å². The Bertz CT molecular complexity index is 3440. The van der Waals surface area contributed by atoms with Crippen molar-refractivity contribution in [2.75, 3.05) is 0 Å². The second-order valence-corrected chi connectivity index (χ2v) is 14.2. The lowest BCUT2D eigenvalue weighted by atomic mass is 9.98. The highest BCUT2D eigenvalue weighted by atomic mass is 16.3. The van der Waals surface area contributed by atoms with E-state index in [1.807, 2.05) is 18.3 Å². The quantitative estimate of drug-likeness (QED) is 0.183. The van der Waals surface area contributed by atoms with Gasteiger partial charge in [-0.15, -0.1) is 0 Å². The van der Waals surface area contributed by atoms with Crippen molar-refractivity contribution in [1.82, 2.24) is 19.1 Å². The summed E-state index contributed by atoms with van der Waals surface area (Å²) >= 11 is 0. The first-order valence-electron chi connectivity index (χ1n) is 18.6. The molecule has 0 radical (unpaired) electrons. The van der Waals surface area contributed by atoms with Crippen LogP contribution in [0.2, 0.25) is 0 Å². The lowest BCUT2D eigenvalue weighted by Crippen LogP contribution is -1.99. The van der Waals surface area contributed by atoms with Gasteiger partial charge in [0.05, 0.1) is 27.8 Å². The molecule has 0 spiro atoms. The van der Waals surface area contributed by atoms with Gasteiger partial charge in [0.15, 0.2) is 5.65 Å². The van der Waals surface area contributed by atoms with Gasteiger partial charge in [0.2, 0.25) is 0 Å². The summed E-state index contributed by atoms with van der Waals surface area (Å²) in [5, 5.41) is 7.99. The summed E-state index contributed by atoms with van der Waals surface area (Å²) in [6.45, 7) is 0. The molecule has 7 aromatic carbocycles. The zero-order valence-electron chi connectivity index (χ0n) is 29.5. The number of hydrogen-bond acceptors (Lipinski definition) is 3. The van der Waals surface area contributed by atoms with Gasteiger partial charge < -0.3 is 8.98 Å². The summed E-state index contributed by atoms with van der Waals surface area (Å²) in [4.78, 5) is 9.96. The Morgan fingerprint density at radius 2 is 1.04 bits per heavy atom. The number of fused-ring (bicyclic) bond motifs is 10. The molecule has 5 aromatic heterocycles. The Morgan fingerprint density at radius 3 is 1.80 bits per heavy atom. The molecule has 12 aromatic rings. The average molecular weight is 703 g/mol. The molecule has 0 aliphatic rings. The molecule has 0 bridgehead atoms. The van der Waals surface area contributed by atoms with Gasteiger partial charge in [0.25, 0.3) is 0 Å². The average Bonchev–Trinajstić information content (AvgIpc) is 3.90. The van der Waals surface area contributed by atoms with Crippen LogP contribution in [-0.4, -0.2) is 19.1 Å². The molecule has 5 heterocycles. The normalized spacial score (nSPS) is 12.0. The third-order valence-corrected chi connectivity index (χ3v) is 11.2. The SMILES string of the molecule is c1ccc(-c2cnc3nc(-n4c5ccccc5c5cc(-c6cc7c(cc6-n6c8ccccc8c8ccccc86)oc6ccccc67)ccc54)ccc3c2)cc1. The molecule has 12 rings (SSSR count). The summed E-state index contributed by atoms with van der Waals surface area (Å²) in [6, 6.07) is 62.4. The van der Waals surface area contributed by atoms with Crippen molar-refractivity contribution in [3.05, 3.63) is 182 Å².